The number of aromatic nitrogens is 3. The third-order valence-corrected chi connectivity index (χ3v) is 5.28. The Morgan fingerprint density at radius 3 is 2.85 bits per heavy atom. The predicted molar refractivity (Wildman–Crippen MR) is 107 cm³/mol. The Kier molecular flexibility index (Phi) is 6.43. The first-order chi connectivity index (χ1) is 12.7. The molecular formula is C18H22ClN5O2S. The van der Waals surface area contributed by atoms with Gasteiger partial charge < -0.3 is 14.6 Å². The van der Waals surface area contributed by atoms with Crippen LogP contribution in [0.4, 0.5) is 0 Å². The number of benzene rings is 1. The minimum absolute atomic E-state index is 0. The summed E-state index contributed by atoms with van der Waals surface area (Å²) in [4.78, 5) is 11.5. The van der Waals surface area contributed by atoms with Crippen molar-refractivity contribution >= 4 is 23.7 Å². The fourth-order valence-corrected chi connectivity index (χ4v) is 3.73. The van der Waals surface area contributed by atoms with Gasteiger partial charge in [-0.25, -0.2) is 4.98 Å². The number of rotatable bonds is 5. The Balaban J connectivity index is 0.00000210. The molecule has 3 aromatic rings. The lowest BCUT2D eigenvalue weighted by atomic mass is 10.2. The van der Waals surface area contributed by atoms with Crippen LogP contribution >= 0.6 is 23.7 Å². The number of nitrogens with zero attached hydrogens (tertiary/aromatic N) is 4. The molecule has 1 unspecified atom stereocenters. The van der Waals surface area contributed by atoms with Gasteiger partial charge in [-0.3, -0.25) is 4.90 Å². The van der Waals surface area contributed by atoms with Crippen LogP contribution in [-0.2, 0) is 0 Å². The van der Waals surface area contributed by atoms with Crippen LogP contribution in [0.5, 0.6) is 5.75 Å². The van der Waals surface area contributed by atoms with Crippen LogP contribution in [0, 0.1) is 0 Å². The monoisotopic (exact) mass is 407 g/mol. The van der Waals surface area contributed by atoms with Crippen molar-refractivity contribution in [1.82, 2.24) is 25.3 Å². The van der Waals surface area contributed by atoms with Crippen LogP contribution in [-0.4, -0.2) is 53.3 Å². The van der Waals surface area contributed by atoms with Gasteiger partial charge in [-0.05, 0) is 38.2 Å². The van der Waals surface area contributed by atoms with Gasteiger partial charge in [0.15, 0.2) is 5.82 Å². The van der Waals surface area contributed by atoms with Gasteiger partial charge >= 0.3 is 0 Å². The molecule has 1 atom stereocenters. The normalized spacial score (nSPS) is 17.5. The first-order valence-corrected chi connectivity index (χ1v) is 9.56. The minimum atomic E-state index is 0. The van der Waals surface area contributed by atoms with Crippen LogP contribution in [0.3, 0.4) is 0 Å². The summed E-state index contributed by atoms with van der Waals surface area (Å²) in [5.41, 5.74) is 1.75. The summed E-state index contributed by atoms with van der Waals surface area (Å²) in [5, 5.41) is 10.4. The van der Waals surface area contributed by atoms with Gasteiger partial charge in [0.2, 0.25) is 0 Å². The van der Waals surface area contributed by atoms with Crippen molar-refractivity contribution in [1.29, 1.82) is 0 Å². The van der Waals surface area contributed by atoms with Gasteiger partial charge in [-0.15, -0.1) is 23.7 Å². The quantitative estimate of drug-likeness (QED) is 0.695. The van der Waals surface area contributed by atoms with E-state index in [1.807, 2.05) is 36.6 Å². The largest absolute Gasteiger partial charge is 0.494 e. The lowest BCUT2D eigenvalue weighted by Crippen LogP contribution is -2.44. The molecule has 9 heteroatoms. The zero-order valence-corrected chi connectivity index (χ0v) is 16.8. The van der Waals surface area contributed by atoms with E-state index >= 15 is 0 Å². The van der Waals surface area contributed by atoms with E-state index in [1.165, 1.54) is 0 Å². The smallest absolute Gasteiger partial charge is 0.277 e. The van der Waals surface area contributed by atoms with E-state index in [2.05, 4.69) is 32.4 Å². The van der Waals surface area contributed by atoms with E-state index in [1.54, 1.807) is 11.3 Å². The molecule has 1 N–H and O–H groups in total. The molecule has 1 saturated heterocycles. The van der Waals surface area contributed by atoms with Crippen LogP contribution in [0.1, 0.15) is 18.8 Å². The fraction of sp³-hybridized carbons (Fsp3) is 0.389. The van der Waals surface area contributed by atoms with E-state index in [9.17, 15) is 0 Å². The Hall–Kier alpha value is -2.00. The highest BCUT2D eigenvalue weighted by atomic mass is 35.5. The van der Waals surface area contributed by atoms with Gasteiger partial charge in [0, 0.05) is 30.6 Å². The molecule has 7 nitrogen and oxygen atoms in total. The molecule has 1 aromatic carbocycles. The van der Waals surface area contributed by atoms with E-state index in [-0.39, 0.29) is 18.4 Å². The van der Waals surface area contributed by atoms with Gasteiger partial charge in [0.25, 0.3) is 5.89 Å². The molecular weight excluding hydrogens is 386 g/mol. The molecule has 4 rings (SSSR count). The summed E-state index contributed by atoms with van der Waals surface area (Å²) in [6, 6.07) is 8.06. The molecule has 0 spiro atoms. The Morgan fingerprint density at radius 2 is 2.11 bits per heavy atom. The standard InChI is InChI=1S/C18H21N5O2S.ClH/c1-3-24-13-6-4-12(5-7-13)18-20-14(11-26-18)17-21-16(22-25-17)15-10-19-8-9-23(15)2;/h4-7,11,15,19H,3,8-10H2,1-2H3;1H. The van der Waals surface area contributed by atoms with E-state index in [0.29, 0.717) is 24.0 Å². The molecule has 0 radical (unpaired) electrons. The van der Waals surface area contributed by atoms with Crippen molar-refractivity contribution in [3.05, 3.63) is 35.5 Å². The summed E-state index contributed by atoms with van der Waals surface area (Å²) in [6.45, 7) is 5.40. The predicted octanol–water partition coefficient (Wildman–Crippen LogP) is 3.26. The molecule has 0 amide bonds. The Morgan fingerprint density at radius 1 is 1.30 bits per heavy atom. The summed E-state index contributed by atoms with van der Waals surface area (Å²) in [6.07, 6.45) is 0. The molecule has 1 fully saturated rings. The van der Waals surface area contributed by atoms with E-state index in [4.69, 9.17) is 9.26 Å². The average Bonchev–Trinajstić information content (AvgIpc) is 3.33. The van der Waals surface area contributed by atoms with Crippen molar-refractivity contribution in [2.45, 2.75) is 13.0 Å². The molecule has 0 aliphatic carbocycles. The zero-order chi connectivity index (χ0) is 17.9. The molecule has 2 aromatic heterocycles. The van der Waals surface area contributed by atoms with Gasteiger partial charge in [0.05, 0.1) is 12.6 Å². The number of nitrogens with one attached hydrogen (secondary N) is 1. The summed E-state index contributed by atoms with van der Waals surface area (Å²) >= 11 is 1.56. The first kappa shape index (κ1) is 19.8. The third kappa shape index (κ3) is 4.30. The average molecular weight is 408 g/mol. The van der Waals surface area contributed by atoms with Crippen LogP contribution in [0.2, 0.25) is 0 Å². The van der Waals surface area contributed by atoms with Gasteiger partial charge in [-0.2, -0.15) is 4.98 Å². The molecule has 27 heavy (non-hydrogen) atoms. The number of hydrogen-bond donors (Lipinski definition) is 1. The van der Waals surface area contributed by atoms with E-state index < -0.39 is 0 Å². The third-order valence-electron chi connectivity index (χ3n) is 4.39. The second kappa shape index (κ2) is 8.79. The second-order valence-electron chi connectivity index (χ2n) is 6.15. The Bertz CT molecular complexity index is 867. The lowest BCUT2D eigenvalue weighted by molar-refractivity contribution is 0.190. The van der Waals surface area contributed by atoms with Gasteiger partial charge in [-0.1, -0.05) is 5.16 Å². The van der Waals surface area contributed by atoms with Crippen molar-refractivity contribution in [3.63, 3.8) is 0 Å². The maximum Gasteiger partial charge on any atom is 0.277 e. The highest BCUT2D eigenvalue weighted by Gasteiger charge is 2.26. The number of thiazole rings is 1. The highest BCUT2D eigenvalue weighted by molar-refractivity contribution is 7.13. The van der Waals surface area contributed by atoms with Crippen LogP contribution in [0.15, 0.2) is 34.2 Å². The second-order valence-corrected chi connectivity index (χ2v) is 7.01. The molecule has 144 valence electrons. The summed E-state index contributed by atoms with van der Waals surface area (Å²) in [7, 11) is 2.08. The fourth-order valence-electron chi connectivity index (χ4n) is 2.93. The van der Waals surface area contributed by atoms with Crippen molar-refractivity contribution < 1.29 is 9.26 Å². The van der Waals surface area contributed by atoms with Crippen molar-refractivity contribution in [2.24, 2.45) is 0 Å². The first-order valence-electron chi connectivity index (χ1n) is 8.68. The van der Waals surface area contributed by atoms with Gasteiger partial charge in [0.1, 0.15) is 16.5 Å². The minimum Gasteiger partial charge on any atom is -0.494 e. The SMILES string of the molecule is CCOc1ccc(-c2nc(-c3nc(C4CNCCN4C)no3)cs2)cc1.Cl. The van der Waals surface area contributed by atoms with Crippen LogP contribution < -0.4 is 10.1 Å². The molecule has 1 aliphatic rings. The molecule has 0 bridgehead atoms. The zero-order valence-electron chi connectivity index (χ0n) is 15.2. The summed E-state index contributed by atoms with van der Waals surface area (Å²) < 4.78 is 10.9. The van der Waals surface area contributed by atoms with Crippen molar-refractivity contribution in [2.75, 3.05) is 33.3 Å². The molecule has 3 heterocycles. The number of piperazine rings is 1. The topological polar surface area (TPSA) is 76.3 Å². The summed E-state index contributed by atoms with van der Waals surface area (Å²) in [5.74, 6) is 2.03. The number of halogens is 1. The maximum atomic E-state index is 5.48. The highest BCUT2D eigenvalue weighted by Crippen LogP contribution is 2.30. The van der Waals surface area contributed by atoms with Crippen LogP contribution in [0.25, 0.3) is 22.2 Å². The Labute approximate surface area is 168 Å². The maximum absolute atomic E-state index is 5.48. The molecule has 0 saturated carbocycles. The number of ether oxygens (including phenoxy) is 1. The number of hydrogen-bond acceptors (Lipinski definition) is 8. The number of likely N-dealkylation sites (N-methyl/N-ethyl adjacent to an activating group) is 1. The molecule has 1 aliphatic heterocycles. The van der Waals surface area contributed by atoms with Crippen molar-refractivity contribution in [3.8, 4) is 27.9 Å². The van der Waals surface area contributed by atoms with E-state index in [0.717, 1.165) is 36.0 Å². The lowest BCUT2D eigenvalue weighted by Gasteiger charge is -2.30.